The number of aliphatic carboxylic acids is 1. The first-order valence-corrected chi connectivity index (χ1v) is 6.19. The van der Waals surface area contributed by atoms with E-state index < -0.39 is 12.0 Å². The Bertz CT molecular complexity index is 391. The summed E-state index contributed by atoms with van der Waals surface area (Å²) in [7, 11) is 4.02. The molecule has 1 aromatic carbocycles. The molecule has 0 spiro atoms. The lowest BCUT2D eigenvalue weighted by molar-refractivity contribution is -0.139. The summed E-state index contributed by atoms with van der Waals surface area (Å²) < 4.78 is 0. The summed E-state index contributed by atoms with van der Waals surface area (Å²) in [5.74, 6) is -0.825. The van der Waals surface area contributed by atoms with Crippen LogP contribution >= 0.6 is 0 Å². The minimum atomic E-state index is -0.825. The van der Waals surface area contributed by atoms with Gasteiger partial charge in [0, 0.05) is 0 Å². The number of nitrogens with one attached hydrogen (secondary N) is 1. The Morgan fingerprint density at radius 3 is 2.61 bits per heavy atom. The molecule has 0 radical (unpaired) electrons. The van der Waals surface area contributed by atoms with Crippen LogP contribution in [0.5, 0.6) is 0 Å². The minimum Gasteiger partial charge on any atom is -0.480 e. The van der Waals surface area contributed by atoms with Crippen LogP contribution in [0, 0.1) is 6.92 Å². The van der Waals surface area contributed by atoms with Crippen molar-refractivity contribution in [1.29, 1.82) is 0 Å². The van der Waals surface area contributed by atoms with Crippen LogP contribution in [0.25, 0.3) is 0 Å². The number of hydrogen-bond acceptors (Lipinski definition) is 3. The first-order chi connectivity index (χ1) is 8.52. The predicted octanol–water partition coefficient (Wildman–Crippen LogP) is 1.66. The van der Waals surface area contributed by atoms with Gasteiger partial charge in [0.2, 0.25) is 0 Å². The number of hydrogen-bond donors (Lipinski definition) is 2. The monoisotopic (exact) mass is 250 g/mol. The average Bonchev–Trinajstić information content (AvgIpc) is 2.30. The van der Waals surface area contributed by atoms with Crippen LogP contribution in [0.2, 0.25) is 0 Å². The second-order valence-electron chi connectivity index (χ2n) is 4.74. The molecule has 18 heavy (non-hydrogen) atoms. The molecule has 0 aliphatic rings. The van der Waals surface area contributed by atoms with Gasteiger partial charge in [0.1, 0.15) is 6.04 Å². The molecule has 0 saturated carbocycles. The smallest absolute Gasteiger partial charge is 0.325 e. The summed E-state index contributed by atoms with van der Waals surface area (Å²) in [5.41, 5.74) is 1.85. The molecule has 1 aromatic rings. The van der Waals surface area contributed by atoms with Gasteiger partial charge in [-0.05, 0) is 51.7 Å². The van der Waals surface area contributed by atoms with Crippen LogP contribution in [0.3, 0.4) is 0 Å². The van der Waals surface area contributed by atoms with E-state index in [2.05, 4.69) is 10.2 Å². The van der Waals surface area contributed by atoms with Crippen molar-refractivity contribution in [2.75, 3.05) is 27.2 Å². The lowest BCUT2D eigenvalue weighted by atomic mass is 10.0. The Morgan fingerprint density at radius 1 is 1.39 bits per heavy atom. The molecular weight excluding hydrogens is 228 g/mol. The van der Waals surface area contributed by atoms with Gasteiger partial charge >= 0.3 is 5.97 Å². The van der Waals surface area contributed by atoms with E-state index in [1.807, 2.05) is 45.3 Å². The summed E-state index contributed by atoms with van der Waals surface area (Å²) >= 11 is 0. The molecule has 0 amide bonds. The Kier molecular flexibility index (Phi) is 5.82. The SMILES string of the molecule is Cc1ccccc1C(NCCCN(C)C)C(=O)O. The maximum absolute atomic E-state index is 11.3. The zero-order valence-corrected chi connectivity index (χ0v) is 11.3. The third-order valence-electron chi connectivity index (χ3n) is 2.88. The molecular formula is C14H22N2O2. The number of carboxylic acids is 1. The summed E-state index contributed by atoms with van der Waals surface area (Å²) in [6.07, 6.45) is 0.933. The second kappa shape index (κ2) is 7.13. The third-order valence-corrected chi connectivity index (χ3v) is 2.88. The Balaban J connectivity index is 2.61. The second-order valence-corrected chi connectivity index (χ2v) is 4.74. The topological polar surface area (TPSA) is 52.6 Å². The molecule has 1 atom stereocenters. The van der Waals surface area contributed by atoms with Crippen LogP contribution in [-0.4, -0.2) is 43.2 Å². The van der Waals surface area contributed by atoms with Crippen molar-refractivity contribution in [3.8, 4) is 0 Å². The van der Waals surface area contributed by atoms with Crippen molar-refractivity contribution in [2.45, 2.75) is 19.4 Å². The zero-order valence-electron chi connectivity index (χ0n) is 11.3. The van der Waals surface area contributed by atoms with E-state index in [4.69, 9.17) is 0 Å². The highest BCUT2D eigenvalue weighted by Crippen LogP contribution is 2.17. The summed E-state index contributed by atoms with van der Waals surface area (Å²) in [4.78, 5) is 13.4. The molecule has 0 saturated heterocycles. The standard InChI is InChI=1S/C14H22N2O2/c1-11-7-4-5-8-12(11)13(14(17)18)15-9-6-10-16(2)3/h4-5,7-8,13,15H,6,9-10H2,1-3H3,(H,17,18). The van der Waals surface area contributed by atoms with Crippen LogP contribution in [0.1, 0.15) is 23.6 Å². The van der Waals surface area contributed by atoms with Crippen molar-refractivity contribution in [1.82, 2.24) is 10.2 Å². The molecule has 0 heterocycles. The highest BCUT2D eigenvalue weighted by Gasteiger charge is 2.20. The highest BCUT2D eigenvalue weighted by atomic mass is 16.4. The van der Waals surface area contributed by atoms with E-state index >= 15 is 0 Å². The summed E-state index contributed by atoms with van der Waals surface area (Å²) in [6, 6.07) is 6.98. The number of carbonyl (C=O) groups is 1. The van der Waals surface area contributed by atoms with E-state index in [0.717, 1.165) is 24.1 Å². The highest BCUT2D eigenvalue weighted by molar-refractivity contribution is 5.76. The Labute approximate surface area is 109 Å². The molecule has 100 valence electrons. The fourth-order valence-corrected chi connectivity index (χ4v) is 1.88. The maximum atomic E-state index is 11.3. The molecule has 0 aliphatic carbocycles. The van der Waals surface area contributed by atoms with Gasteiger partial charge in [-0.1, -0.05) is 24.3 Å². The normalized spacial score (nSPS) is 12.7. The fraction of sp³-hybridized carbons (Fsp3) is 0.500. The number of benzene rings is 1. The van der Waals surface area contributed by atoms with Crippen LogP contribution in [0.15, 0.2) is 24.3 Å². The van der Waals surface area contributed by atoms with Gasteiger partial charge < -0.3 is 15.3 Å². The van der Waals surface area contributed by atoms with Gasteiger partial charge in [-0.25, -0.2) is 0 Å². The van der Waals surface area contributed by atoms with Gasteiger partial charge in [-0.2, -0.15) is 0 Å². The van der Waals surface area contributed by atoms with Gasteiger partial charge in [0.05, 0.1) is 0 Å². The predicted molar refractivity (Wildman–Crippen MR) is 72.7 cm³/mol. The molecule has 0 fully saturated rings. The molecule has 4 heteroatoms. The fourth-order valence-electron chi connectivity index (χ4n) is 1.88. The van der Waals surface area contributed by atoms with Crippen molar-refractivity contribution >= 4 is 5.97 Å². The Morgan fingerprint density at radius 2 is 2.06 bits per heavy atom. The number of nitrogens with zero attached hydrogens (tertiary/aromatic N) is 1. The maximum Gasteiger partial charge on any atom is 0.325 e. The average molecular weight is 250 g/mol. The number of carboxylic acid groups (broad SMARTS) is 1. The largest absolute Gasteiger partial charge is 0.480 e. The molecule has 0 bridgehead atoms. The van der Waals surface area contributed by atoms with Gasteiger partial charge in [0.25, 0.3) is 0 Å². The molecule has 2 N–H and O–H groups in total. The minimum absolute atomic E-state index is 0.617. The lowest BCUT2D eigenvalue weighted by Gasteiger charge is -2.17. The van der Waals surface area contributed by atoms with E-state index in [9.17, 15) is 9.90 Å². The number of rotatable bonds is 7. The summed E-state index contributed by atoms with van der Waals surface area (Å²) in [6.45, 7) is 3.59. The van der Waals surface area contributed by atoms with Crippen LogP contribution in [0.4, 0.5) is 0 Å². The zero-order chi connectivity index (χ0) is 13.5. The van der Waals surface area contributed by atoms with E-state index in [1.54, 1.807) is 0 Å². The van der Waals surface area contributed by atoms with E-state index in [1.165, 1.54) is 0 Å². The quantitative estimate of drug-likeness (QED) is 0.723. The number of aryl methyl sites for hydroxylation is 1. The molecule has 0 aromatic heterocycles. The first kappa shape index (κ1) is 14.7. The molecule has 1 unspecified atom stereocenters. The summed E-state index contributed by atoms with van der Waals surface area (Å²) in [5, 5.41) is 12.4. The Hall–Kier alpha value is -1.39. The lowest BCUT2D eigenvalue weighted by Crippen LogP contribution is -2.31. The third kappa shape index (κ3) is 4.47. The van der Waals surface area contributed by atoms with Crippen LogP contribution < -0.4 is 5.32 Å². The van der Waals surface area contributed by atoms with Crippen molar-refractivity contribution in [3.05, 3.63) is 35.4 Å². The first-order valence-electron chi connectivity index (χ1n) is 6.19. The van der Waals surface area contributed by atoms with Crippen molar-refractivity contribution < 1.29 is 9.90 Å². The van der Waals surface area contributed by atoms with Crippen LogP contribution in [-0.2, 0) is 4.79 Å². The van der Waals surface area contributed by atoms with Crippen molar-refractivity contribution in [3.63, 3.8) is 0 Å². The molecule has 0 aliphatic heterocycles. The van der Waals surface area contributed by atoms with E-state index in [-0.39, 0.29) is 0 Å². The molecule has 4 nitrogen and oxygen atoms in total. The molecule has 1 rings (SSSR count). The van der Waals surface area contributed by atoms with Gasteiger partial charge in [0.15, 0.2) is 0 Å². The van der Waals surface area contributed by atoms with Gasteiger partial charge in [-0.3, -0.25) is 4.79 Å². The van der Waals surface area contributed by atoms with Gasteiger partial charge in [-0.15, -0.1) is 0 Å². The van der Waals surface area contributed by atoms with Crippen molar-refractivity contribution in [2.24, 2.45) is 0 Å². The van der Waals surface area contributed by atoms with E-state index in [0.29, 0.717) is 6.54 Å².